The molecule has 0 amide bonds. The van der Waals surface area contributed by atoms with Crippen molar-refractivity contribution in [1.29, 1.82) is 5.26 Å². The first-order valence-corrected chi connectivity index (χ1v) is 8.12. The van der Waals surface area contributed by atoms with Crippen LogP contribution in [-0.2, 0) is 16.0 Å². The summed E-state index contributed by atoms with van der Waals surface area (Å²) in [4.78, 5) is 31.3. The number of aromatic nitrogens is 3. The number of nitriles is 1. The Hall–Kier alpha value is -3.25. The highest BCUT2D eigenvalue weighted by atomic mass is 32.1. The van der Waals surface area contributed by atoms with Gasteiger partial charge in [-0.05, 0) is 30.4 Å². The van der Waals surface area contributed by atoms with E-state index in [0.29, 0.717) is 10.8 Å². The van der Waals surface area contributed by atoms with Crippen molar-refractivity contribution in [1.82, 2.24) is 9.78 Å². The van der Waals surface area contributed by atoms with E-state index in [-0.39, 0.29) is 17.7 Å². The molecule has 1 aromatic carbocycles. The van der Waals surface area contributed by atoms with Gasteiger partial charge in [-0.2, -0.15) is 10.3 Å². The molecular weight excluding hydrogens is 342 g/mol. The van der Waals surface area contributed by atoms with E-state index < -0.39 is 11.5 Å². The summed E-state index contributed by atoms with van der Waals surface area (Å²) in [5, 5.41) is 12.3. The molecule has 0 fully saturated rings. The van der Waals surface area contributed by atoms with Crippen molar-refractivity contribution < 1.29 is 14.5 Å². The topological polar surface area (TPSA) is 114 Å². The van der Waals surface area contributed by atoms with Crippen LogP contribution >= 0.6 is 11.3 Å². The largest absolute Gasteiger partial charge is 0.469 e. The standard InChI is InChI=1S/C16H13N5O3S/c1-9(18-8-17)14-11(7-13(22)24-2)20-21(15(14)23)16-19-10-5-3-4-6-12(10)25-16/h3-6,20H,7H2,1-2H3/p+1. The van der Waals surface area contributed by atoms with Gasteiger partial charge in [-0.3, -0.25) is 4.79 Å². The Labute approximate surface area is 146 Å². The Balaban J connectivity index is 2.19. The minimum Gasteiger partial charge on any atom is -0.469 e. The summed E-state index contributed by atoms with van der Waals surface area (Å²) in [6.45, 7) is 1.55. The average Bonchev–Trinajstić information content (AvgIpc) is 3.15. The molecule has 2 N–H and O–H groups in total. The summed E-state index contributed by atoms with van der Waals surface area (Å²) >= 11 is 1.39. The summed E-state index contributed by atoms with van der Waals surface area (Å²) in [5.74, 6) is -0.500. The number of nitrogens with one attached hydrogen (secondary N) is 2. The van der Waals surface area contributed by atoms with Gasteiger partial charge < -0.3 is 4.74 Å². The quantitative estimate of drug-likeness (QED) is 0.430. The number of thiazole rings is 1. The molecule has 3 rings (SSSR count). The van der Waals surface area contributed by atoms with E-state index in [1.807, 2.05) is 24.3 Å². The number of fused-ring (bicyclic) bond motifs is 1. The average molecular weight is 356 g/mol. The lowest BCUT2D eigenvalue weighted by Crippen LogP contribution is -2.23. The molecule has 0 saturated carbocycles. The monoisotopic (exact) mass is 356 g/mol. The second-order valence-corrected chi connectivity index (χ2v) is 6.22. The van der Waals surface area contributed by atoms with Crippen LogP contribution in [-0.4, -0.2) is 28.6 Å². The molecular formula is C16H14N5O3S+. The first-order chi connectivity index (χ1) is 12.0. The van der Waals surface area contributed by atoms with Crippen molar-refractivity contribution in [3.63, 3.8) is 0 Å². The van der Waals surface area contributed by atoms with Crippen molar-refractivity contribution in [2.45, 2.75) is 13.3 Å². The zero-order chi connectivity index (χ0) is 18.0. The molecule has 3 aromatic rings. The van der Waals surface area contributed by atoms with Crippen LogP contribution in [0.25, 0.3) is 15.3 Å². The third kappa shape index (κ3) is 3.07. The number of para-hydroxylation sites is 1. The van der Waals surface area contributed by atoms with E-state index >= 15 is 0 Å². The van der Waals surface area contributed by atoms with Crippen molar-refractivity contribution in [2.24, 2.45) is 4.99 Å². The number of aromatic amines is 2. The molecule has 0 saturated heterocycles. The van der Waals surface area contributed by atoms with Crippen molar-refractivity contribution >= 4 is 33.2 Å². The van der Waals surface area contributed by atoms with E-state index in [9.17, 15) is 9.59 Å². The third-order valence-electron chi connectivity index (χ3n) is 3.63. The molecule has 0 aliphatic heterocycles. The molecule has 0 aliphatic carbocycles. The molecule has 0 bridgehead atoms. The van der Waals surface area contributed by atoms with Gasteiger partial charge in [-0.25, -0.2) is 14.9 Å². The van der Waals surface area contributed by atoms with Crippen molar-refractivity contribution in [3.05, 3.63) is 45.9 Å². The number of carbonyl (C=O) groups is 1. The summed E-state index contributed by atoms with van der Waals surface area (Å²) in [5.41, 5.74) is 1.28. The fourth-order valence-electron chi connectivity index (χ4n) is 2.48. The Bertz CT molecular complexity index is 1050. The molecule has 9 heteroatoms. The van der Waals surface area contributed by atoms with Crippen LogP contribution in [0.4, 0.5) is 0 Å². The van der Waals surface area contributed by atoms with Crippen molar-refractivity contribution in [2.75, 3.05) is 7.11 Å². The second kappa shape index (κ2) is 6.70. The molecule has 25 heavy (non-hydrogen) atoms. The first kappa shape index (κ1) is 16.6. The number of methoxy groups -OCH3 is 1. The highest BCUT2D eigenvalue weighted by Crippen LogP contribution is 2.20. The fraction of sp³-hybridized carbons (Fsp3) is 0.188. The smallest absolute Gasteiger partial charge is 0.369 e. The van der Waals surface area contributed by atoms with E-state index in [1.165, 1.54) is 23.1 Å². The van der Waals surface area contributed by atoms with Gasteiger partial charge in [0.2, 0.25) is 6.19 Å². The normalized spacial score (nSPS) is 11.5. The number of esters is 1. The number of carbonyl (C=O) groups excluding carboxylic acids is 1. The van der Waals surface area contributed by atoms with E-state index in [1.54, 1.807) is 13.1 Å². The van der Waals surface area contributed by atoms with Gasteiger partial charge in [0.25, 0.3) is 0 Å². The molecule has 0 radical (unpaired) electrons. The lowest BCUT2D eigenvalue weighted by Gasteiger charge is -1.98. The summed E-state index contributed by atoms with van der Waals surface area (Å²) in [6.07, 6.45) is 1.54. The van der Waals surface area contributed by atoms with Gasteiger partial charge in [0.15, 0.2) is 0 Å². The highest BCUT2D eigenvalue weighted by Gasteiger charge is 2.26. The lowest BCUT2D eigenvalue weighted by atomic mass is 10.1. The summed E-state index contributed by atoms with van der Waals surface area (Å²) < 4.78 is 6.97. The SMILES string of the molecule is COC(=O)Cc1[nH]n(-c2[nH+]c3ccccc3s2)c(=O)c1C(C)=NC#N. The molecule has 0 unspecified atom stereocenters. The number of nitrogens with zero attached hydrogens (tertiary/aromatic N) is 3. The van der Waals surface area contributed by atoms with Crippen LogP contribution in [0.5, 0.6) is 0 Å². The Morgan fingerprint density at radius 1 is 1.48 bits per heavy atom. The summed E-state index contributed by atoms with van der Waals surface area (Å²) in [6, 6.07) is 7.64. The number of rotatable bonds is 4. The Kier molecular flexibility index (Phi) is 4.45. The molecule has 0 aliphatic rings. The molecule has 2 heterocycles. The predicted molar refractivity (Wildman–Crippen MR) is 91.9 cm³/mol. The van der Waals surface area contributed by atoms with Gasteiger partial charge >= 0.3 is 16.7 Å². The number of aliphatic imine (C=N–C) groups is 1. The number of hydrogen-bond acceptors (Lipinski definition) is 6. The molecule has 126 valence electrons. The van der Waals surface area contributed by atoms with Crippen LogP contribution in [0.2, 0.25) is 0 Å². The van der Waals surface area contributed by atoms with Crippen LogP contribution in [0.3, 0.4) is 0 Å². The predicted octanol–water partition coefficient (Wildman–Crippen LogP) is 1.20. The van der Waals surface area contributed by atoms with Gasteiger partial charge in [-0.15, -0.1) is 0 Å². The van der Waals surface area contributed by atoms with Crippen LogP contribution in [0, 0.1) is 11.5 Å². The molecule has 2 aromatic heterocycles. The second-order valence-electron chi connectivity index (χ2n) is 5.18. The number of benzene rings is 1. The fourth-order valence-corrected chi connectivity index (χ4v) is 3.44. The number of H-pyrrole nitrogens is 2. The maximum absolute atomic E-state index is 12.8. The van der Waals surface area contributed by atoms with Crippen LogP contribution in [0.1, 0.15) is 18.2 Å². The Morgan fingerprint density at radius 3 is 2.92 bits per heavy atom. The summed E-state index contributed by atoms with van der Waals surface area (Å²) in [7, 11) is 1.27. The van der Waals surface area contributed by atoms with Crippen LogP contribution < -0.4 is 10.5 Å². The van der Waals surface area contributed by atoms with Gasteiger partial charge in [-0.1, -0.05) is 16.8 Å². The van der Waals surface area contributed by atoms with Crippen LogP contribution in [0.15, 0.2) is 34.1 Å². The van der Waals surface area contributed by atoms with E-state index in [2.05, 4.69) is 19.8 Å². The van der Waals surface area contributed by atoms with E-state index in [4.69, 9.17) is 5.26 Å². The van der Waals surface area contributed by atoms with Gasteiger partial charge in [0.05, 0.1) is 29.6 Å². The van der Waals surface area contributed by atoms with Crippen molar-refractivity contribution in [3.8, 4) is 11.3 Å². The maximum atomic E-state index is 12.8. The van der Waals surface area contributed by atoms with E-state index in [0.717, 1.165) is 10.2 Å². The zero-order valence-corrected chi connectivity index (χ0v) is 14.3. The first-order valence-electron chi connectivity index (χ1n) is 7.30. The minimum absolute atomic E-state index is 0.128. The zero-order valence-electron chi connectivity index (χ0n) is 13.5. The van der Waals surface area contributed by atoms with Gasteiger partial charge in [0, 0.05) is 0 Å². The molecule has 8 nitrogen and oxygen atoms in total. The molecule has 0 spiro atoms. The number of hydrogen-bond donors (Lipinski definition) is 1. The lowest BCUT2D eigenvalue weighted by molar-refractivity contribution is -0.334. The third-order valence-corrected chi connectivity index (χ3v) is 4.69. The number of ether oxygens (including phenoxy) is 1. The molecule has 0 atom stereocenters. The maximum Gasteiger partial charge on any atom is 0.369 e. The highest BCUT2D eigenvalue weighted by molar-refractivity contribution is 7.20. The van der Waals surface area contributed by atoms with Gasteiger partial charge in [0.1, 0.15) is 11.1 Å². The minimum atomic E-state index is -0.500. The Morgan fingerprint density at radius 2 is 2.24 bits per heavy atom.